The van der Waals surface area contributed by atoms with Gasteiger partial charge in [0.05, 0.1) is 11.6 Å². The number of hydrogen-bond donors (Lipinski definition) is 0. The Morgan fingerprint density at radius 1 is 1.03 bits per heavy atom. The van der Waals surface area contributed by atoms with Gasteiger partial charge in [-0.1, -0.05) is 24.3 Å². The fourth-order valence-corrected chi connectivity index (χ4v) is 3.99. The summed E-state index contributed by atoms with van der Waals surface area (Å²) in [5.41, 5.74) is 5.39. The molecule has 2 aromatic carbocycles. The number of ether oxygens (including phenoxy) is 1. The van der Waals surface area contributed by atoms with Crippen molar-refractivity contribution in [1.29, 1.82) is 5.26 Å². The van der Waals surface area contributed by atoms with Gasteiger partial charge in [0, 0.05) is 31.2 Å². The van der Waals surface area contributed by atoms with Crippen LogP contribution in [-0.4, -0.2) is 20.8 Å². The van der Waals surface area contributed by atoms with E-state index in [0.717, 1.165) is 34.0 Å². The number of benzene rings is 2. The van der Waals surface area contributed by atoms with Crippen LogP contribution in [0.3, 0.4) is 0 Å². The molecular formula is C27H19FN4O2. The van der Waals surface area contributed by atoms with E-state index >= 15 is 0 Å². The summed E-state index contributed by atoms with van der Waals surface area (Å²) in [6, 6.07) is 19.6. The molecule has 0 unspecified atom stereocenters. The van der Waals surface area contributed by atoms with Gasteiger partial charge in [0.25, 0.3) is 5.91 Å². The number of aryl methyl sites for hydroxylation is 1. The van der Waals surface area contributed by atoms with Gasteiger partial charge in [-0.2, -0.15) is 5.26 Å². The molecule has 166 valence electrons. The second-order valence-electron chi connectivity index (χ2n) is 8.05. The molecule has 0 atom stereocenters. The molecule has 0 bridgehead atoms. The monoisotopic (exact) mass is 450 g/mol. The van der Waals surface area contributed by atoms with Gasteiger partial charge in [-0.15, -0.1) is 0 Å². The number of carbonyl (C=O) groups is 1. The summed E-state index contributed by atoms with van der Waals surface area (Å²) in [5.74, 6) is -0.948. The fourth-order valence-electron chi connectivity index (χ4n) is 3.99. The molecule has 7 heteroatoms. The largest absolute Gasteiger partial charge is 0.435 e. The highest BCUT2D eigenvalue weighted by Crippen LogP contribution is 2.34. The topological polar surface area (TPSA) is 79.1 Å². The van der Waals surface area contributed by atoms with E-state index in [4.69, 9.17) is 10.00 Å². The summed E-state index contributed by atoms with van der Waals surface area (Å²) in [7, 11) is 0. The maximum Gasteiger partial charge on any atom is 0.260 e. The van der Waals surface area contributed by atoms with Crippen LogP contribution >= 0.6 is 0 Å². The third-order valence-corrected chi connectivity index (χ3v) is 5.69. The fraction of sp³-hybridized carbons (Fsp3) is 0.111. The van der Waals surface area contributed by atoms with Crippen molar-refractivity contribution in [2.24, 2.45) is 0 Å². The molecule has 2 aromatic heterocycles. The first-order valence-corrected chi connectivity index (χ1v) is 10.7. The molecule has 0 saturated heterocycles. The number of amides is 1. The van der Waals surface area contributed by atoms with Crippen molar-refractivity contribution in [3.05, 3.63) is 107 Å². The number of nitrogens with zero attached hydrogens (tertiary/aromatic N) is 4. The Kier molecular flexibility index (Phi) is 5.48. The normalized spacial score (nSPS) is 12.4. The lowest BCUT2D eigenvalue weighted by Crippen LogP contribution is -2.23. The Bertz CT molecular complexity index is 1440. The smallest absolute Gasteiger partial charge is 0.260 e. The second-order valence-corrected chi connectivity index (χ2v) is 8.05. The van der Waals surface area contributed by atoms with Gasteiger partial charge in [-0.25, -0.2) is 9.37 Å². The van der Waals surface area contributed by atoms with Gasteiger partial charge < -0.3 is 9.64 Å². The van der Waals surface area contributed by atoms with Gasteiger partial charge >= 0.3 is 0 Å². The minimum atomic E-state index is -0.690. The van der Waals surface area contributed by atoms with E-state index in [1.807, 2.05) is 49.4 Å². The highest BCUT2D eigenvalue weighted by atomic mass is 19.1. The lowest BCUT2D eigenvalue weighted by atomic mass is 10.0. The van der Waals surface area contributed by atoms with Gasteiger partial charge in [-0.3, -0.25) is 9.78 Å². The number of carbonyl (C=O) groups excluding carboxylic acids is 1. The quantitative estimate of drug-likeness (QED) is 0.406. The zero-order valence-corrected chi connectivity index (χ0v) is 18.3. The molecule has 0 fully saturated rings. The molecule has 0 radical (unpaired) electrons. The summed E-state index contributed by atoms with van der Waals surface area (Å²) >= 11 is 0. The van der Waals surface area contributed by atoms with Crippen molar-refractivity contribution in [2.75, 3.05) is 0 Å². The molecule has 5 rings (SSSR count). The minimum Gasteiger partial charge on any atom is -0.435 e. The number of fused-ring (bicyclic) bond motifs is 1. The lowest BCUT2D eigenvalue weighted by molar-refractivity contribution is 0.0764. The van der Waals surface area contributed by atoms with E-state index < -0.39 is 5.82 Å². The van der Waals surface area contributed by atoms with Crippen LogP contribution in [0, 0.1) is 24.1 Å². The number of halogens is 1. The molecule has 0 aliphatic carbocycles. The Morgan fingerprint density at radius 3 is 2.56 bits per heavy atom. The number of rotatable bonds is 5. The van der Waals surface area contributed by atoms with Crippen molar-refractivity contribution in [3.63, 3.8) is 0 Å². The van der Waals surface area contributed by atoms with E-state index in [1.54, 1.807) is 17.2 Å². The van der Waals surface area contributed by atoms with Crippen LogP contribution in [0.15, 0.2) is 73.1 Å². The Hall–Kier alpha value is -4.57. The summed E-state index contributed by atoms with van der Waals surface area (Å²) in [4.78, 5) is 23.3. The van der Waals surface area contributed by atoms with Crippen molar-refractivity contribution in [2.45, 2.75) is 20.0 Å². The van der Waals surface area contributed by atoms with E-state index in [1.165, 1.54) is 18.3 Å². The zero-order valence-electron chi connectivity index (χ0n) is 18.3. The van der Waals surface area contributed by atoms with E-state index in [0.29, 0.717) is 18.7 Å². The standard InChI is InChI=1S/C27H19FN4O2/c1-17-12-21(8-10-30-17)20-5-2-18(3-6-20)15-32-16-22-9-11-31-26(25(22)27(32)33)34-24-7-4-19(14-29)13-23(24)28/h2-13H,15-16H2,1H3. The average Bonchev–Trinajstić information content (AvgIpc) is 3.16. The summed E-state index contributed by atoms with van der Waals surface area (Å²) < 4.78 is 20.0. The average molecular weight is 450 g/mol. The molecular weight excluding hydrogens is 431 g/mol. The maximum atomic E-state index is 14.3. The number of nitriles is 1. The predicted octanol–water partition coefficient (Wildman–Crippen LogP) is 5.41. The molecule has 4 aromatic rings. The van der Waals surface area contributed by atoms with Gasteiger partial charge in [-0.05, 0) is 65.6 Å². The van der Waals surface area contributed by atoms with Crippen molar-refractivity contribution >= 4 is 5.91 Å². The molecule has 0 saturated carbocycles. The third-order valence-electron chi connectivity index (χ3n) is 5.69. The molecule has 34 heavy (non-hydrogen) atoms. The molecule has 3 heterocycles. The van der Waals surface area contributed by atoms with Crippen LogP contribution in [0.25, 0.3) is 11.1 Å². The first-order valence-electron chi connectivity index (χ1n) is 10.7. The van der Waals surface area contributed by atoms with E-state index in [9.17, 15) is 9.18 Å². The van der Waals surface area contributed by atoms with Crippen LogP contribution in [0.5, 0.6) is 11.6 Å². The second kappa shape index (κ2) is 8.75. The maximum absolute atomic E-state index is 14.3. The van der Waals surface area contributed by atoms with Gasteiger partial charge in [0.2, 0.25) is 5.88 Å². The van der Waals surface area contributed by atoms with Crippen LogP contribution in [0.2, 0.25) is 0 Å². The van der Waals surface area contributed by atoms with Crippen LogP contribution < -0.4 is 4.74 Å². The molecule has 0 N–H and O–H groups in total. The minimum absolute atomic E-state index is 0.0528. The number of hydrogen-bond acceptors (Lipinski definition) is 5. The molecule has 1 aliphatic rings. The van der Waals surface area contributed by atoms with Crippen LogP contribution in [0.1, 0.15) is 32.7 Å². The van der Waals surface area contributed by atoms with E-state index in [-0.39, 0.29) is 23.1 Å². The van der Waals surface area contributed by atoms with Crippen molar-refractivity contribution in [1.82, 2.24) is 14.9 Å². The van der Waals surface area contributed by atoms with Crippen molar-refractivity contribution in [3.8, 4) is 28.8 Å². The first kappa shape index (κ1) is 21.3. The summed E-state index contributed by atoms with van der Waals surface area (Å²) in [6.45, 7) is 2.79. The number of aromatic nitrogens is 2. The molecule has 1 aliphatic heterocycles. The zero-order chi connectivity index (χ0) is 23.7. The summed E-state index contributed by atoms with van der Waals surface area (Å²) in [5, 5.41) is 8.92. The van der Waals surface area contributed by atoms with Crippen LogP contribution in [0.4, 0.5) is 4.39 Å². The van der Waals surface area contributed by atoms with E-state index in [2.05, 4.69) is 9.97 Å². The highest BCUT2D eigenvalue weighted by Gasteiger charge is 2.32. The van der Waals surface area contributed by atoms with Gasteiger partial charge in [0.15, 0.2) is 11.6 Å². The Labute approximate surface area is 195 Å². The molecule has 1 amide bonds. The van der Waals surface area contributed by atoms with Crippen molar-refractivity contribution < 1.29 is 13.9 Å². The molecule has 6 nitrogen and oxygen atoms in total. The first-order chi connectivity index (χ1) is 16.5. The lowest BCUT2D eigenvalue weighted by Gasteiger charge is -2.16. The molecule has 0 spiro atoms. The number of pyridine rings is 2. The van der Waals surface area contributed by atoms with Crippen LogP contribution in [-0.2, 0) is 13.1 Å². The Morgan fingerprint density at radius 2 is 1.82 bits per heavy atom. The highest BCUT2D eigenvalue weighted by molar-refractivity contribution is 6.00. The van der Waals surface area contributed by atoms with Gasteiger partial charge in [0.1, 0.15) is 5.56 Å². The third kappa shape index (κ3) is 4.09. The summed E-state index contributed by atoms with van der Waals surface area (Å²) in [6.07, 6.45) is 3.33. The predicted molar refractivity (Wildman–Crippen MR) is 123 cm³/mol. The Balaban J connectivity index is 1.34. The SMILES string of the molecule is Cc1cc(-c2ccc(CN3Cc4ccnc(Oc5ccc(C#N)cc5F)c4C3=O)cc2)ccn1.